The zero-order valence-electron chi connectivity index (χ0n) is 22.2. The summed E-state index contributed by atoms with van der Waals surface area (Å²) in [6.45, 7) is 6.12. The van der Waals surface area contributed by atoms with Crippen molar-refractivity contribution in [2.75, 3.05) is 11.4 Å². The number of urea groups is 1. The fourth-order valence-corrected chi connectivity index (χ4v) is 7.53. The predicted octanol–water partition coefficient (Wildman–Crippen LogP) is 3.31. The number of nitrogens with one attached hydrogen (secondary N) is 4. The minimum absolute atomic E-state index is 0.0357. The molecule has 2 saturated heterocycles. The molecule has 3 aliphatic heterocycles. The molecule has 4 amide bonds. The highest BCUT2D eigenvalue weighted by molar-refractivity contribution is 8.04. The van der Waals surface area contributed by atoms with Crippen LogP contribution in [0, 0.1) is 12.8 Å². The highest BCUT2D eigenvalue weighted by Crippen LogP contribution is 2.48. The molecule has 5 atom stereocenters. The number of anilines is 1. The summed E-state index contributed by atoms with van der Waals surface area (Å²) in [5, 5.41) is 12.6. The molecule has 1 saturated carbocycles. The van der Waals surface area contributed by atoms with Gasteiger partial charge in [0.25, 0.3) is 5.91 Å². The molecule has 4 heterocycles. The third kappa shape index (κ3) is 4.95. The Bertz CT molecular complexity index is 1380. The lowest BCUT2D eigenvalue weighted by atomic mass is 9.86. The average molecular weight is 561 g/mol. The molecule has 3 unspecified atom stereocenters. The molecule has 4 aliphatic rings. The maximum atomic E-state index is 13.6. The number of carbonyl (C=O) groups is 3. The van der Waals surface area contributed by atoms with E-state index in [1.165, 1.54) is 17.8 Å². The molecular weight excluding hydrogens is 528 g/mol. The molecule has 1 aromatic heterocycles. The number of nitrogens with zero attached hydrogens (tertiary/aromatic N) is 2. The Balaban J connectivity index is 1.22. The summed E-state index contributed by atoms with van der Waals surface area (Å²) in [5.41, 5.74) is 2.08. The number of thioether (sulfide) groups is 1. The van der Waals surface area contributed by atoms with Gasteiger partial charge in [-0.2, -0.15) is 0 Å². The number of carbonyl (C=O) groups excluding carboxylic acids is 3. The van der Waals surface area contributed by atoms with E-state index in [4.69, 9.17) is 4.74 Å². The Morgan fingerprint density at radius 2 is 1.90 bits per heavy atom. The van der Waals surface area contributed by atoms with Crippen LogP contribution in [-0.4, -0.2) is 52.9 Å². The van der Waals surface area contributed by atoms with Crippen LogP contribution in [-0.2, 0) is 9.59 Å². The van der Waals surface area contributed by atoms with Gasteiger partial charge in [-0.15, -0.1) is 0 Å². The van der Waals surface area contributed by atoms with Gasteiger partial charge in [0.05, 0.1) is 27.7 Å². The van der Waals surface area contributed by atoms with Crippen molar-refractivity contribution in [3.63, 3.8) is 0 Å². The summed E-state index contributed by atoms with van der Waals surface area (Å²) < 4.78 is 5.89. The van der Waals surface area contributed by atoms with Crippen LogP contribution in [0.1, 0.15) is 31.4 Å². The number of para-hydroxylation sites is 1. The van der Waals surface area contributed by atoms with Gasteiger partial charge in [-0.05, 0) is 63.4 Å². The van der Waals surface area contributed by atoms with Crippen LogP contribution in [0.4, 0.5) is 10.5 Å². The second kappa shape index (κ2) is 11.0. The van der Waals surface area contributed by atoms with Gasteiger partial charge in [-0.25, -0.2) is 9.78 Å². The number of hydrogen-bond acceptors (Lipinski definition) is 7. The lowest BCUT2D eigenvalue weighted by Gasteiger charge is -2.46. The highest BCUT2D eigenvalue weighted by atomic mass is 32.2. The van der Waals surface area contributed by atoms with Crippen molar-refractivity contribution in [1.82, 2.24) is 26.3 Å². The van der Waals surface area contributed by atoms with Gasteiger partial charge in [0.2, 0.25) is 11.8 Å². The van der Waals surface area contributed by atoms with Crippen LogP contribution in [0.3, 0.4) is 0 Å². The van der Waals surface area contributed by atoms with Gasteiger partial charge in [0.15, 0.2) is 0 Å². The average Bonchev–Trinajstić information content (AvgIpc) is 3.55. The second-order valence-corrected chi connectivity index (χ2v) is 11.6. The van der Waals surface area contributed by atoms with Crippen molar-refractivity contribution in [2.24, 2.45) is 5.92 Å². The molecule has 11 heteroatoms. The predicted molar refractivity (Wildman–Crippen MR) is 153 cm³/mol. The molecule has 1 aliphatic carbocycles. The number of hydrogen-bond donors (Lipinski definition) is 4. The fourth-order valence-electron chi connectivity index (χ4n) is 6.13. The van der Waals surface area contributed by atoms with Crippen molar-refractivity contribution in [1.29, 1.82) is 0 Å². The van der Waals surface area contributed by atoms with E-state index in [1.54, 1.807) is 11.0 Å². The maximum Gasteiger partial charge on any atom is 0.326 e. The van der Waals surface area contributed by atoms with E-state index < -0.39 is 0 Å². The Kier molecular flexibility index (Phi) is 7.24. The zero-order chi connectivity index (χ0) is 27.8. The number of amides is 4. The van der Waals surface area contributed by atoms with E-state index in [9.17, 15) is 14.4 Å². The molecule has 4 N–H and O–H groups in total. The van der Waals surface area contributed by atoms with E-state index in [1.807, 2.05) is 43.3 Å². The van der Waals surface area contributed by atoms with Gasteiger partial charge >= 0.3 is 6.03 Å². The number of benzene rings is 1. The van der Waals surface area contributed by atoms with Crippen molar-refractivity contribution in [2.45, 2.75) is 56.1 Å². The minimum Gasteiger partial charge on any atom is -0.439 e. The third-order valence-electron chi connectivity index (χ3n) is 7.95. The van der Waals surface area contributed by atoms with Crippen LogP contribution < -0.4 is 30.9 Å². The second-order valence-electron chi connectivity index (χ2n) is 10.4. The van der Waals surface area contributed by atoms with E-state index in [2.05, 4.69) is 32.8 Å². The Hall–Kier alpha value is -3.83. The van der Waals surface area contributed by atoms with Gasteiger partial charge in [0, 0.05) is 29.8 Å². The fraction of sp³-hybridized carbons (Fsp3) is 0.379. The van der Waals surface area contributed by atoms with E-state index in [0.29, 0.717) is 27.9 Å². The maximum absolute atomic E-state index is 13.6. The summed E-state index contributed by atoms with van der Waals surface area (Å²) >= 11 is 1.47. The quantitative estimate of drug-likeness (QED) is 0.383. The van der Waals surface area contributed by atoms with Crippen LogP contribution in [0.25, 0.3) is 0 Å². The lowest BCUT2D eigenvalue weighted by Crippen LogP contribution is -2.62. The Morgan fingerprint density at radius 1 is 1.12 bits per heavy atom. The molecule has 6 rings (SSSR count). The van der Waals surface area contributed by atoms with Gasteiger partial charge in [0.1, 0.15) is 5.75 Å². The van der Waals surface area contributed by atoms with E-state index in [0.717, 1.165) is 37.9 Å². The van der Waals surface area contributed by atoms with Gasteiger partial charge in [-0.1, -0.05) is 36.5 Å². The molecule has 3 fully saturated rings. The lowest BCUT2D eigenvalue weighted by molar-refractivity contribution is -0.119. The van der Waals surface area contributed by atoms with Gasteiger partial charge in [-0.3, -0.25) is 14.5 Å². The number of aromatic nitrogens is 1. The summed E-state index contributed by atoms with van der Waals surface area (Å²) in [6, 6.07) is 12.4. The van der Waals surface area contributed by atoms with Crippen LogP contribution in [0.2, 0.25) is 0 Å². The van der Waals surface area contributed by atoms with Crippen LogP contribution in [0.5, 0.6) is 11.6 Å². The molecule has 1 aromatic carbocycles. The first-order chi connectivity index (χ1) is 19.4. The number of rotatable bonds is 7. The molecule has 0 bridgehead atoms. The molecular formula is C29H32N6O4S. The summed E-state index contributed by atoms with van der Waals surface area (Å²) in [6.07, 6.45) is 4.48. The zero-order valence-corrected chi connectivity index (χ0v) is 23.0. The number of piperidine rings is 1. The van der Waals surface area contributed by atoms with Crippen LogP contribution in [0.15, 0.2) is 65.7 Å². The van der Waals surface area contributed by atoms with Crippen LogP contribution >= 0.6 is 11.8 Å². The first kappa shape index (κ1) is 26.4. The summed E-state index contributed by atoms with van der Waals surface area (Å²) in [7, 11) is 0. The van der Waals surface area contributed by atoms with Gasteiger partial charge < -0.3 is 26.0 Å². The highest BCUT2D eigenvalue weighted by Gasteiger charge is 2.52. The molecule has 2 aromatic rings. The smallest absolute Gasteiger partial charge is 0.326 e. The molecule has 10 nitrogen and oxygen atoms in total. The van der Waals surface area contributed by atoms with Crippen molar-refractivity contribution in [3.8, 4) is 11.6 Å². The largest absolute Gasteiger partial charge is 0.439 e. The number of pyridine rings is 1. The molecule has 40 heavy (non-hydrogen) atoms. The minimum atomic E-state index is -0.275. The SMILES string of the molecule is C=CC(=O)N[C@@H]1CCC[C@H]1NC(=O)C1=C2NC(=O)N(c3ccc(Oc4ccccc4)nc3C)C3CCNC(S1)C23. The Labute approximate surface area is 237 Å². The van der Waals surface area contributed by atoms with Crippen molar-refractivity contribution < 1.29 is 19.1 Å². The summed E-state index contributed by atoms with van der Waals surface area (Å²) in [4.78, 5) is 45.9. The standard InChI is InChI=1S/C29H32N6O4S/c1-3-22(36)32-18-10-7-11-19(18)33-27(37)26-25-24-21(14-15-30-28(24)40-26)35(29(38)34-25)20-12-13-23(31-16(20)2)39-17-8-5-4-6-9-17/h3-6,8-9,12-13,18-19,21,24,28,30H,1,7,10-11,14-15H2,2H3,(H,32,36)(H,33,37)(H,34,38)/t18-,19-,21?,24?,28?/m1/s1. The molecule has 0 radical (unpaired) electrons. The topological polar surface area (TPSA) is 125 Å². The first-order valence-electron chi connectivity index (χ1n) is 13.6. The monoisotopic (exact) mass is 560 g/mol. The summed E-state index contributed by atoms with van der Waals surface area (Å²) in [5.74, 6) is 0.615. The number of aryl methyl sites for hydroxylation is 1. The third-order valence-corrected chi connectivity index (χ3v) is 9.31. The van der Waals surface area contributed by atoms with E-state index in [-0.39, 0.29) is 47.3 Å². The molecule has 208 valence electrons. The Morgan fingerprint density at radius 3 is 2.65 bits per heavy atom. The van der Waals surface area contributed by atoms with Crippen molar-refractivity contribution in [3.05, 3.63) is 71.4 Å². The van der Waals surface area contributed by atoms with E-state index >= 15 is 0 Å². The first-order valence-corrected chi connectivity index (χ1v) is 14.5. The molecule has 0 spiro atoms. The van der Waals surface area contributed by atoms with Crippen molar-refractivity contribution >= 4 is 35.3 Å². The normalized spacial score (nSPS) is 27.1. The number of ether oxygens (including phenoxy) is 1.